The summed E-state index contributed by atoms with van der Waals surface area (Å²) in [4.78, 5) is 25.1. The number of hydrogen-bond donors (Lipinski definition) is 0. The third-order valence-corrected chi connectivity index (χ3v) is 8.41. The lowest BCUT2D eigenvalue weighted by Crippen LogP contribution is -2.17. The third kappa shape index (κ3) is 4.60. The van der Waals surface area contributed by atoms with Crippen LogP contribution in [0.15, 0.2) is 74.3 Å². The van der Waals surface area contributed by atoms with Crippen LogP contribution in [0.1, 0.15) is 5.56 Å². The Balaban J connectivity index is 1.56. The van der Waals surface area contributed by atoms with Crippen LogP contribution in [0.5, 0.6) is 0 Å². The number of rotatable bonds is 6. The molecule has 2 aromatic carbocycles. The van der Waals surface area contributed by atoms with Crippen molar-refractivity contribution in [3.8, 4) is 11.1 Å². The standard InChI is InChI=1S/C22H14Cl2O5S2/c23-18-10-13(9-14(25)12-31(27,28)21-8-7-20(24)30-21)5-6-15(18)17-11-29-19-4-2-1-3-16(19)22(17)26/h1-8,10-11H,9,12H2. The summed E-state index contributed by atoms with van der Waals surface area (Å²) in [5, 5.41) is 0.704. The number of halogens is 2. The van der Waals surface area contributed by atoms with Gasteiger partial charge in [-0.1, -0.05) is 47.5 Å². The molecule has 0 N–H and O–H groups in total. The van der Waals surface area contributed by atoms with Gasteiger partial charge in [-0.25, -0.2) is 8.42 Å². The second-order valence-electron chi connectivity index (χ2n) is 6.82. The molecule has 31 heavy (non-hydrogen) atoms. The van der Waals surface area contributed by atoms with Gasteiger partial charge in [-0.2, -0.15) is 0 Å². The number of hydrogen-bond acceptors (Lipinski definition) is 6. The van der Waals surface area contributed by atoms with Crippen LogP contribution in [0, 0.1) is 0 Å². The van der Waals surface area contributed by atoms with Crippen molar-refractivity contribution in [2.45, 2.75) is 10.6 Å². The first-order chi connectivity index (χ1) is 14.7. The molecule has 0 saturated heterocycles. The smallest absolute Gasteiger partial charge is 0.200 e. The Kier molecular flexibility index (Phi) is 6.03. The Morgan fingerprint density at radius 1 is 1.00 bits per heavy atom. The minimum atomic E-state index is -3.75. The third-order valence-electron chi connectivity index (χ3n) is 4.61. The van der Waals surface area contributed by atoms with Crippen molar-refractivity contribution in [2.24, 2.45) is 0 Å². The molecule has 2 heterocycles. The summed E-state index contributed by atoms with van der Waals surface area (Å²) in [5.74, 6) is -1.10. The average molecular weight is 493 g/mol. The zero-order valence-electron chi connectivity index (χ0n) is 15.8. The Labute approximate surface area is 191 Å². The van der Waals surface area contributed by atoms with Crippen molar-refractivity contribution >= 4 is 61.1 Å². The maximum Gasteiger partial charge on any atom is 0.200 e. The van der Waals surface area contributed by atoms with Crippen LogP contribution in [0.4, 0.5) is 0 Å². The highest BCUT2D eigenvalue weighted by Crippen LogP contribution is 2.29. The first-order valence-electron chi connectivity index (χ1n) is 9.04. The molecule has 0 aliphatic carbocycles. The number of carbonyl (C=O) groups is 1. The first kappa shape index (κ1) is 21.8. The van der Waals surface area contributed by atoms with Gasteiger partial charge in [-0.15, -0.1) is 11.3 Å². The second kappa shape index (κ2) is 8.59. The van der Waals surface area contributed by atoms with Crippen LogP contribution in [0.3, 0.4) is 0 Å². The molecule has 2 aromatic heterocycles. The maximum absolute atomic E-state index is 12.8. The van der Waals surface area contributed by atoms with E-state index in [2.05, 4.69) is 0 Å². The SMILES string of the molecule is O=C(Cc1ccc(-c2coc3ccccc3c2=O)c(Cl)c1)CS(=O)(=O)c1ccc(Cl)s1. The summed E-state index contributed by atoms with van der Waals surface area (Å²) in [7, 11) is -3.75. The number of carbonyl (C=O) groups excluding carboxylic acids is 1. The molecule has 0 saturated carbocycles. The van der Waals surface area contributed by atoms with Gasteiger partial charge in [0.2, 0.25) is 5.43 Å². The summed E-state index contributed by atoms with van der Waals surface area (Å²) in [6.07, 6.45) is 1.25. The Morgan fingerprint density at radius 3 is 2.48 bits per heavy atom. The van der Waals surface area contributed by atoms with E-state index in [4.69, 9.17) is 27.6 Å². The Hall–Kier alpha value is -2.45. The number of Topliss-reactive ketones (excluding diaryl/α,β-unsaturated/α-hetero) is 1. The van der Waals surface area contributed by atoms with E-state index in [9.17, 15) is 18.0 Å². The van der Waals surface area contributed by atoms with Crippen molar-refractivity contribution in [2.75, 3.05) is 5.75 Å². The molecule has 0 fully saturated rings. The minimum Gasteiger partial charge on any atom is -0.463 e. The molecule has 0 radical (unpaired) electrons. The Bertz CT molecular complexity index is 1470. The van der Waals surface area contributed by atoms with Gasteiger partial charge in [0.05, 0.1) is 15.3 Å². The monoisotopic (exact) mass is 492 g/mol. The molecular weight excluding hydrogens is 479 g/mol. The number of benzene rings is 2. The van der Waals surface area contributed by atoms with Gasteiger partial charge in [0.25, 0.3) is 0 Å². The molecule has 0 unspecified atom stereocenters. The van der Waals surface area contributed by atoms with Crippen molar-refractivity contribution in [3.63, 3.8) is 0 Å². The van der Waals surface area contributed by atoms with E-state index in [1.807, 2.05) is 0 Å². The normalized spacial score (nSPS) is 11.7. The summed E-state index contributed by atoms with van der Waals surface area (Å²) >= 11 is 13.1. The quantitative estimate of drug-likeness (QED) is 0.359. The lowest BCUT2D eigenvalue weighted by atomic mass is 10.0. The topological polar surface area (TPSA) is 81.4 Å². The van der Waals surface area contributed by atoms with E-state index in [1.54, 1.807) is 42.5 Å². The molecule has 0 spiro atoms. The van der Waals surface area contributed by atoms with Gasteiger partial charge < -0.3 is 4.42 Å². The largest absolute Gasteiger partial charge is 0.463 e. The molecule has 0 aliphatic heterocycles. The van der Waals surface area contributed by atoms with Crippen LogP contribution in [0.2, 0.25) is 9.36 Å². The molecular formula is C22H14Cl2O5S2. The second-order valence-corrected chi connectivity index (χ2v) is 11.2. The molecule has 158 valence electrons. The number of para-hydroxylation sites is 1. The molecule has 0 amide bonds. The lowest BCUT2D eigenvalue weighted by Gasteiger charge is -2.08. The molecule has 5 nitrogen and oxygen atoms in total. The van der Waals surface area contributed by atoms with E-state index in [0.717, 1.165) is 11.3 Å². The van der Waals surface area contributed by atoms with Crippen LogP contribution in [0.25, 0.3) is 22.1 Å². The van der Waals surface area contributed by atoms with Crippen molar-refractivity contribution in [1.82, 2.24) is 0 Å². The Morgan fingerprint density at radius 2 is 1.77 bits per heavy atom. The van der Waals surface area contributed by atoms with E-state index in [-0.39, 0.29) is 21.1 Å². The van der Waals surface area contributed by atoms with E-state index < -0.39 is 21.4 Å². The fraction of sp³-hybridized carbons (Fsp3) is 0.0909. The highest BCUT2D eigenvalue weighted by Gasteiger charge is 2.22. The molecule has 4 rings (SSSR count). The highest BCUT2D eigenvalue weighted by molar-refractivity contribution is 7.94. The molecule has 0 atom stereocenters. The van der Waals surface area contributed by atoms with Gasteiger partial charge in [0, 0.05) is 17.0 Å². The van der Waals surface area contributed by atoms with Crippen LogP contribution in [-0.2, 0) is 21.1 Å². The average Bonchev–Trinajstić information content (AvgIpc) is 3.16. The van der Waals surface area contributed by atoms with Gasteiger partial charge in [-0.05, 0) is 35.9 Å². The van der Waals surface area contributed by atoms with E-state index >= 15 is 0 Å². The van der Waals surface area contributed by atoms with Crippen LogP contribution in [-0.4, -0.2) is 20.0 Å². The van der Waals surface area contributed by atoms with Crippen molar-refractivity contribution < 1.29 is 17.6 Å². The fourth-order valence-corrected chi connectivity index (χ4v) is 6.29. The van der Waals surface area contributed by atoms with E-state index in [0.29, 0.717) is 32.0 Å². The van der Waals surface area contributed by atoms with Gasteiger partial charge >= 0.3 is 0 Å². The maximum atomic E-state index is 12.8. The highest BCUT2D eigenvalue weighted by atomic mass is 35.5. The predicted molar refractivity (Wildman–Crippen MR) is 123 cm³/mol. The zero-order chi connectivity index (χ0) is 22.2. The first-order valence-corrected chi connectivity index (χ1v) is 12.3. The fourth-order valence-electron chi connectivity index (χ4n) is 3.18. The van der Waals surface area contributed by atoms with Gasteiger partial charge in [0.1, 0.15) is 21.8 Å². The molecule has 9 heteroatoms. The molecule has 4 aromatic rings. The van der Waals surface area contributed by atoms with Crippen LogP contribution >= 0.6 is 34.5 Å². The number of ketones is 1. The summed E-state index contributed by atoms with van der Waals surface area (Å²) in [6, 6.07) is 14.6. The summed E-state index contributed by atoms with van der Waals surface area (Å²) in [5.41, 5.74) is 1.58. The number of thiophene rings is 1. The summed E-state index contributed by atoms with van der Waals surface area (Å²) in [6.45, 7) is 0. The van der Waals surface area contributed by atoms with E-state index in [1.165, 1.54) is 18.4 Å². The van der Waals surface area contributed by atoms with Crippen molar-refractivity contribution in [3.05, 3.63) is 86.0 Å². The van der Waals surface area contributed by atoms with Gasteiger partial charge in [0.15, 0.2) is 15.6 Å². The summed E-state index contributed by atoms with van der Waals surface area (Å²) < 4.78 is 30.6. The lowest BCUT2D eigenvalue weighted by molar-refractivity contribution is -0.116. The molecule has 0 bridgehead atoms. The minimum absolute atomic E-state index is 0.0576. The number of fused-ring (bicyclic) bond motifs is 1. The van der Waals surface area contributed by atoms with Crippen LogP contribution < -0.4 is 5.43 Å². The zero-order valence-corrected chi connectivity index (χ0v) is 18.9. The number of sulfone groups is 1. The van der Waals surface area contributed by atoms with Crippen molar-refractivity contribution in [1.29, 1.82) is 0 Å². The molecule has 0 aliphatic rings. The predicted octanol–water partition coefficient (Wildman–Crippen LogP) is 5.41. The van der Waals surface area contributed by atoms with Gasteiger partial charge in [-0.3, -0.25) is 9.59 Å².